The van der Waals surface area contributed by atoms with Gasteiger partial charge in [0, 0.05) is 24.9 Å². The van der Waals surface area contributed by atoms with Gasteiger partial charge in [-0.1, -0.05) is 79.7 Å². The minimum atomic E-state index is -0.0974. The molecule has 1 aliphatic heterocycles. The van der Waals surface area contributed by atoms with E-state index in [0.29, 0.717) is 5.92 Å². The van der Waals surface area contributed by atoms with E-state index in [1.54, 1.807) is 0 Å². The number of thiophene rings is 2. The van der Waals surface area contributed by atoms with Crippen LogP contribution >= 0.6 is 22.7 Å². The summed E-state index contributed by atoms with van der Waals surface area (Å²) in [6.45, 7) is 2.49. The van der Waals surface area contributed by atoms with Gasteiger partial charge in [-0.15, -0.1) is 22.7 Å². The normalized spacial score (nSPS) is 20.6. The van der Waals surface area contributed by atoms with Crippen LogP contribution < -0.4 is 20.9 Å². The molecule has 0 spiro atoms. The summed E-state index contributed by atoms with van der Waals surface area (Å²) >= 11 is 3.88. The van der Waals surface area contributed by atoms with E-state index < -0.39 is 0 Å². The second-order valence-corrected chi connectivity index (χ2v) is 13.3. The molecule has 0 radical (unpaired) electrons. The summed E-state index contributed by atoms with van der Waals surface area (Å²) in [7, 11) is 0. The molecule has 0 saturated carbocycles. The van der Waals surface area contributed by atoms with Gasteiger partial charge in [-0.05, 0) is 102 Å². The molecule has 0 amide bonds. The third-order valence-corrected chi connectivity index (χ3v) is 11.4. The molecular formula is C36H24S2. The lowest BCUT2D eigenvalue weighted by atomic mass is 9.69. The second kappa shape index (κ2) is 7.44. The van der Waals surface area contributed by atoms with E-state index in [2.05, 4.69) is 116 Å². The zero-order valence-electron chi connectivity index (χ0n) is 21.0. The standard InChI is InChI=1S/C36H24S2/c1-36-20-30-27(12-10-24-17-22-5-2-3-6-23(22)18-28(24)30)35(36)34-16-15-33(38-34)32-14-13-31(37-32)26-8-4-7-21-9-11-25(36)19-29(21)26/h2-10,12-20,25H,11H2,1H3. The van der Waals surface area contributed by atoms with Gasteiger partial charge in [0.1, 0.15) is 0 Å². The summed E-state index contributed by atoms with van der Waals surface area (Å²) in [4.78, 5) is 5.50. The van der Waals surface area contributed by atoms with Gasteiger partial charge in [0.05, 0.1) is 0 Å². The van der Waals surface area contributed by atoms with E-state index in [-0.39, 0.29) is 5.41 Å². The van der Waals surface area contributed by atoms with E-state index in [0.717, 1.165) is 6.42 Å². The Labute approximate surface area is 228 Å². The SMILES string of the molecule is CC12C=c3c(ccc4cc5ccccc5cc34)=C1c1ccc(s1)-c1ccc(s1)-c1cccc3c1=CC2CC=3. The first-order valence-corrected chi connectivity index (χ1v) is 15.0. The van der Waals surface area contributed by atoms with E-state index in [9.17, 15) is 0 Å². The summed E-state index contributed by atoms with van der Waals surface area (Å²) < 4.78 is 0. The molecule has 0 N–H and O–H groups in total. The van der Waals surface area contributed by atoms with Crippen LogP contribution in [0.25, 0.3) is 65.5 Å². The number of hydrogen-bond acceptors (Lipinski definition) is 2. The molecule has 2 atom stereocenters. The summed E-state index contributed by atoms with van der Waals surface area (Å²) in [5, 5.41) is 10.9. The summed E-state index contributed by atoms with van der Waals surface area (Å²) in [6.07, 6.45) is 8.75. The first-order valence-electron chi connectivity index (χ1n) is 13.4. The Hall–Kier alpha value is -3.72. The molecule has 2 aromatic heterocycles. The van der Waals surface area contributed by atoms with Crippen molar-refractivity contribution in [3.05, 3.63) is 117 Å². The second-order valence-electron chi connectivity index (χ2n) is 11.1. The fourth-order valence-electron chi connectivity index (χ4n) is 7.09. The molecule has 3 aliphatic rings. The molecule has 6 bridgehead atoms. The van der Waals surface area contributed by atoms with Crippen molar-refractivity contribution in [2.75, 3.05) is 0 Å². The molecule has 180 valence electrons. The Morgan fingerprint density at radius 2 is 1.45 bits per heavy atom. The Morgan fingerprint density at radius 1 is 0.684 bits per heavy atom. The van der Waals surface area contributed by atoms with Gasteiger partial charge in [0.2, 0.25) is 0 Å². The summed E-state index contributed by atoms with van der Waals surface area (Å²) in [5.74, 6) is 0.387. The number of rotatable bonds is 0. The van der Waals surface area contributed by atoms with Gasteiger partial charge < -0.3 is 0 Å². The average Bonchev–Trinajstić information content (AvgIpc) is 3.68. The monoisotopic (exact) mass is 520 g/mol. The maximum Gasteiger partial charge on any atom is 0.0449 e. The topological polar surface area (TPSA) is 0 Å². The Morgan fingerprint density at radius 3 is 2.32 bits per heavy atom. The van der Waals surface area contributed by atoms with Crippen molar-refractivity contribution >= 4 is 68.0 Å². The van der Waals surface area contributed by atoms with E-state index in [1.807, 2.05) is 22.7 Å². The van der Waals surface area contributed by atoms with Gasteiger partial charge in [0.25, 0.3) is 0 Å². The first-order chi connectivity index (χ1) is 18.7. The molecule has 0 fully saturated rings. The van der Waals surface area contributed by atoms with Crippen molar-refractivity contribution in [3.63, 3.8) is 0 Å². The van der Waals surface area contributed by atoms with Crippen LogP contribution in [0.4, 0.5) is 0 Å². The lowest BCUT2D eigenvalue weighted by Crippen LogP contribution is -2.35. The molecule has 9 rings (SSSR count). The van der Waals surface area contributed by atoms with Crippen LogP contribution in [0.2, 0.25) is 0 Å². The summed E-state index contributed by atoms with van der Waals surface area (Å²) in [6, 6.07) is 34.4. The predicted octanol–water partition coefficient (Wildman–Crippen LogP) is 7.04. The first kappa shape index (κ1) is 21.2. The van der Waals surface area contributed by atoms with Gasteiger partial charge >= 0.3 is 0 Å². The van der Waals surface area contributed by atoms with Crippen molar-refractivity contribution in [1.82, 2.24) is 0 Å². The maximum atomic E-state index is 2.62. The van der Waals surface area contributed by atoms with Crippen LogP contribution in [0.5, 0.6) is 0 Å². The molecule has 0 saturated heterocycles. The molecule has 2 aliphatic carbocycles. The average molecular weight is 521 g/mol. The summed E-state index contributed by atoms with van der Waals surface area (Å²) in [5.41, 5.74) is 2.77. The van der Waals surface area contributed by atoms with Crippen LogP contribution in [0, 0.1) is 11.3 Å². The molecule has 0 nitrogen and oxygen atoms in total. The Bertz CT molecular complexity index is 2240. The number of hydrogen-bond donors (Lipinski definition) is 0. The molecule has 4 aromatic carbocycles. The minimum Gasteiger partial charge on any atom is -0.135 e. The van der Waals surface area contributed by atoms with Gasteiger partial charge in [0.15, 0.2) is 0 Å². The lowest BCUT2D eigenvalue weighted by Gasteiger charge is -2.34. The van der Waals surface area contributed by atoms with Crippen LogP contribution in [0.1, 0.15) is 18.2 Å². The number of fused-ring (bicyclic) bond motifs is 14. The van der Waals surface area contributed by atoms with E-state index in [1.165, 1.54) is 73.1 Å². The quantitative estimate of drug-likeness (QED) is 0.188. The molecular weight excluding hydrogens is 497 g/mol. The Kier molecular flexibility index (Phi) is 4.16. The highest BCUT2D eigenvalue weighted by Crippen LogP contribution is 2.49. The van der Waals surface area contributed by atoms with Crippen molar-refractivity contribution in [2.45, 2.75) is 13.3 Å². The van der Waals surface area contributed by atoms with Gasteiger partial charge in [-0.3, -0.25) is 0 Å². The van der Waals surface area contributed by atoms with Gasteiger partial charge in [-0.2, -0.15) is 0 Å². The molecule has 3 heterocycles. The molecule has 6 aromatic rings. The lowest BCUT2D eigenvalue weighted by molar-refractivity contribution is 0.469. The van der Waals surface area contributed by atoms with Crippen LogP contribution in [-0.4, -0.2) is 0 Å². The van der Waals surface area contributed by atoms with Crippen molar-refractivity contribution in [1.29, 1.82) is 0 Å². The van der Waals surface area contributed by atoms with Crippen LogP contribution in [0.15, 0.2) is 91.0 Å². The highest BCUT2D eigenvalue weighted by atomic mass is 32.1. The smallest absolute Gasteiger partial charge is 0.0449 e. The van der Waals surface area contributed by atoms with Crippen LogP contribution in [0.3, 0.4) is 0 Å². The zero-order valence-corrected chi connectivity index (χ0v) is 22.6. The van der Waals surface area contributed by atoms with Crippen molar-refractivity contribution in [2.24, 2.45) is 11.3 Å². The van der Waals surface area contributed by atoms with Gasteiger partial charge in [-0.25, -0.2) is 0 Å². The fourth-order valence-corrected chi connectivity index (χ4v) is 9.41. The maximum absolute atomic E-state index is 2.62. The zero-order chi connectivity index (χ0) is 25.0. The molecule has 2 unspecified atom stereocenters. The Balaban J connectivity index is 1.44. The third-order valence-electron chi connectivity index (χ3n) is 9.02. The highest BCUT2D eigenvalue weighted by molar-refractivity contribution is 7.24. The van der Waals surface area contributed by atoms with E-state index in [4.69, 9.17) is 0 Å². The van der Waals surface area contributed by atoms with Crippen LogP contribution in [-0.2, 0) is 0 Å². The number of benzene rings is 4. The van der Waals surface area contributed by atoms with Crippen molar-refractivity contribution < 1.29 is 0 Å². The third kappa shape index (κ3) is 2.80. The molecule has 38 heavy (non-hydrogen) atoms. The predicted molar refractivity (Wildman–Crippen MR) is 165 cm³/mol. The van der Waals surface area contributed by atoms with E-state index >= 15 is 0 Å². The minimum absolute atomic E-state index is 0.0974. The largest absolute Gasteiger partial charge is 0.135 e. The van der Waals surface area contributed by atoms with Crippen molar-refractivity contribution in [3.8, 4) is 20.2 Å². The molecule has 2 heteroatoms. The fraction of sp³-hybridized carbons (Fsp3) is 0.111. The highest BCUT2D eigenvalue weighted by Gasteiger charge is 2.39.